The maximum atomic E-state index is 11.0. The van der Waals surface area contributed by atoms with Gasteiger partial charge in [-0.25, -0.2) is 0 Å². The lowest BCUT2D eigenvalue weighted by Gasteiger charge is -2.32. The number of fused-ring (bicyclic) bond motifs is 1. The fourth-order valence-electron chi connectivity index (χ4n) is 3.81. The monoisotopic (exact) mass is 424 g/mol. The minimum Gasteiger partial charge on any atom is -0.493 e. The molecule has 1 aliphatic heterocycles. The van der Waals surface area contributed by atoms with Gasteiger partial charge in [-0.15, -0.1) is 0 Å². The van der Waals surface area contributed by atoms with Crippen LogP contribution >= 0.6 is 11.3 Å². The van der Waals surface area contributed by atoms with Crippen molar-refractivity contribution in [3.8, 4) is 10.9 Å². The van der Waals surface area contributed by atoms with Crippen molar-refractivity contribution < 1.29 is 19.2 Å². The first kappa shape index (κ1) is 20.3. The molecule has 6 nitrogen and oxygen atoms in total. The predicted molar refractivity (Wildman–Crippen MR) is 117 cm³/mol. The molecule has 0 unspecified atom stereocenters. The zero-order valence-electron chi connectivity index (χ0n) is 17.1. The molecule has 3 aromatic rings. The average Bonchev–Trinajstić information content (AvgIpc) is 3.13. The lowest BCUT2D eigenvalue weighted by atomic mass is 10.0. The number of hydrogen-bond donors (Lipinski definition) is 1. The summed E-state index contributed by atoms with van der Waals surface area (Å²) in [6.07, 6.45) is 6.88. The highest BCUT2D eigenvalue weighted by Gasteiger charge is 2.22. The minimum absolute atomic E-state index is 0.148. The van der Waals surface area contributed by atoms with Gasteiger partial charge in [0.2, 0.25) is 0 Å². The Kier molecular flexibility index (Phi) is 6.28. The van der Waals surface area contributed by atoms with Gasteiger partial charge in [0, 0.05) is 30.8 Å². The molecule has 1 N–H and O–H groups in total. The van der Waals surface area contributed by atoms with E-state index < -0.39 is 5.97 Å². The number of anilines is 1. The summed E-state index contributed by atoms with van der Waals surface area (Å²) in [6.45, 7) is 4.09. The second-order valence-corrected chi connectivity index (χ2v) is 8.55. The lowest BCUT2D eigenvalue weighted by molar-refractivity contribution is -0.595. The largest absolute Gasteiger partial charge is 0.493 e. The van der Waals surface area contributed by atoms with Gasteiger partial charge in [-0.2, -0.15) is 4.57 Å². The third kappa shape index (κ3) is 4.62. The fourth-order valence-corrected chi connectivity index (χ4v) is 4.73. The highest BCUT2D eigenvalue weighted by atomic mass is 32.1. The summed E-state index contributed by atoms with van der Waals surface area (Å²) in [7, 11) is 0. The number of aromatic nitrogens is 2. The van der Waals surface area contributed by atoms with E-state index in [9.17, 15) is 4.79 Å². The van der Waals surface area contributed by atoms with Crippen molar-refractivity contribution in [3.63, 3.8) is 0 Å². The van der Waals surface area contributed by atoms with Crippen LogP contribution in [0.3, 0.4) is 0 Å². The van der Waals surface area contributed by atoms with Crippen LogP contribution in [-0.4, -0.2) is 35.8 Å². The number of thiazole rings is 1. The van der Waals surface area contributed by atoms with E-state index >= 15 is 0 Å². The molecule has 0 saturated heterocycles. The summed E-state index contributed by atoms with van der Waals surface area (Å²) in [5.74, 6) is 0.138. The minimum atomic E-state index is -0.763. The molecule has 30 heavy (non-hydrogen) atoms. The van der Waals surface area contributed by atoms with Crippen molar-refractivity contribution in [1.82, 2.24) is 4.98 Å². The number of ether oxygens (including phenoxy) is 1. The third-order valence-electron chi connectivity index (χ3n) is 5.31. The molecule has 0 atom stereocenters. The molecule has 0 aliphatic carbocycles. The van der Waals surface area contributed by atoms with Crippen LogP contribution in [0.5, 0.6) is 5.75 Å². The van der Waals surface area contributed by atoms with Gasteiger partial charge >= 0.3 is 11.1 Å². The highest BCUT2D eigenvalue weighted by molar-refractivity contribution is 7.13. The van der Waals surface area contributed by atoms with Crippen LogP contribution in [0.4, 0.5) is 5.69 Å². The molecule has 7 heteroatoms. The van der Waals surface area contributed by atoms with E-state index in [2.05, 4.69) is 17.9 Å². The molecule has 0 saturated carbocycles. The van der Waals surface area contributed by atoms with Crippen molar-refractivity contribution in [2.24, 2.45) is 0 Å². The number of carboxylic acid groups (broad SMARTS) is 1. The first-order valence-corrected chi connectivity index (χ1v) is 11.1. The van der Waals surface area contributed by atoms with E-state index in [4.69, 9.17) is 14.8 Å². The van der Waals surface area contributed by atoms with Crippen LogP contribution < -0.4 is 14.2 Å². The van der Waals surface area contributed by atoms with E-state index in [1.165, 1.54) is 10.4 Å². The molecule has 1 aliphatic rings. The first-order valence-electron chi connectivity index (χ1n) is 10.3. The summed E-state index contributed by atoms with van der Waals surface area (Å²) in [5, 5.41) is 9.98. The molecule has 156 valence electrons. The Balaban J connectivity index is 1.42. The Morgan fingerprint density at radius 3 is 2.90 bits per heavy atom. The highest BCUT2D eigenvalue weighted by Crippen LogP contribution is 2.34. The molecule has 2 aromatic heterocycles. The maximum Gasteiger partial charge on any atom is 0.387 e. The van der Waals surface area contributed by atoms with Gasteiger partial charge < -0.3 is 14.7 Å². The molecular formula is C23H26N3O3S+. The second-order valence-electron chi connectivity index (χ2n) is 7.37. The van der Waals surface area contributed by atoms with Crippen LogP contribution in [0.15, 0.2) is 48.8 Å². The van der Waals surface area contributed by atoms with Crippen molar-refractivity contribution >= 4 is 23.0 Å². The zero-order chi connectivity index (χ0) is 20.9. The quantitative estimate of drug-likeness (QED) is 0.560. The molecule has 0 amide bonds. The Labute approximate surface area is 180 Å². The molecule has 3 heterocycles. The normalized spacial score (nSPS) is 13.2. The van der Waals surface area contributed by atoms with Crippen molar-refractivity contribution in [1.29, 1.82) is 0 Å². The number of carbonyl (C=O) groups is 1. The molecule has 0 radical (unpaired) electrons. The van der Waals surface area contributed by atoms with Crippen LogP contribution in [0.2, 0.25) is 0 Å². The van der Waals surface area contributed by atoms with E-state index in [0.717, 1.165) is 48.1 Å². The number of pyridine rings is 1. The van der Waals surface area contributed by atoms with E-state index in [-0.39, 0.29) is 6.42 Å². The summed E-state index contributed by atoms with van der Waals surface area (Å²) in [4.78, 5) is 19.1. The molecule has 0 fully saturated rings. The number of carboxylic acids is 1. The second kappa shape index (κ2) is 9.26. The molecule has 0 bridgehead atoms. The summed E-state index contributed by atoms with van der Waals surface area (Å²) >= 11 is 1.69. The topological polar surface area (TPSA) is 66.5 Å². The van der Waals surface area contributed by atoms with Crippen molar-refractivity contribution in [3.05, 3.63) is 64.9 Å². The number of benzene rings is 1. The molecule has 1 aromatic carbocycles. The summed E-state index contributed by atoms with van der Waals surface area (Å²) in [6, 6.07) is 12.1. The number of hydrogen-bond acceptors (Lipinski definition) is 5. The van der Waals surface area contributed by atoms with Crippen LogP contribution in [0.1, 0.15) is 29.0 Å². The summed E-state index contributed by atoms with van der Waals surface area (Å²) < 4.78 is 8.20. The number of aliphatic carboxylic acids is 1. The number of aryl methyl sites for hydroxylation is 1. The number of nitrogens with zero attached hydrogens (tertiary/aromatic N) is 3. The van der Waals surface area contributed by atoms with Crippen molar-refractivity contribution in [2.45, 2.75) is 32.6 Å². The molecular weight excluding hydrogens is 398 g/mol. The standard InChI is InChI=1S/C23H25N3O3S/c1-17-19(24-23(30-17)26-12-3-2-4-13-26)11-16-29-21-9-5-8-20-18(21)7-6-14-25(20)15-10-22(27)28/h2-5,8-9,12-13H,6-7,10-11,14-16H2,1H3/p+1. The van der Waals surface area contributed by atoms with Gasteiger partial charge in [0.15, 0.2) is 5.69 Å². The SMILES string of the molecule is Cc1sc(-[n+]2ccccc2)nc1CCOc1cccc2c1CCCN2CCC(=O)O. The Bertz CT molecular complexity index is 1020. The van der Waals surface area contributed by atoms with E-state index in [0.29, 0.717) is 13.2 Å². The Morgan fingerprint density at radius 2 is 2.10 bits per heavy atom. The molecule has 4 rings (SSSR count). The smallest absolute Gasteiger partial charge is 0.387 e. The van der Waals surface area contributed by atoms with Crippen LogP contribution in [-0.2, 0) is 17.6 Å². The van der Waals surface area contributed by atoms with Gasteiger partial charge in [-0.1, -0.05) is 12.1 Å². The third-order valence-corrected chi connectivity index (χ3v) is 6.34. The maximum absolute atomic E-state index is 11.0. The Hall–Kier alpha value is -2.93. The van der Waals surface area contributed by atoms with E-state index in [1.54, 1.807) is 11.3 Å². The lowest BCUT2D eigenvalue weighted by Crippen LogP contribution is -2.31. The fraction of sp³-hybridized carbons (Fsp3) is 0.348. The van der Waals surface area contributed by atoms with Crippen LogP contribution in [0, 0.1) is 6.92 Å². The Morgan fingerprint density at radius 1 is 1.27 bits per heavy atom. The van der Waals surface area contributed by atoms with Crippen molar-refractivity contribution in [2.75, 3.05) is 24.6 Å². The summed E-state index contributed by atoms with van der Waals surface area (Å²) in [5.41, 5.74) is 3.36. The first-order chi connectivity index (χ1) is 14.6. The predicted octanol–water partition coefficient (Wildman–Crippen LogP) is 3.58. The van der Waals surface area contributed by atoms with Gasteiger partial charge in [0.05, 0.1) is 30.3 Å². The van der Waals surface area contributed by atoms with Gasteiger partial charge in [-0.05, 0) is 60.4 Å². The van der Waals surface area contributed by atoms with Gasteiger partial charge in [0.25, 0.3) is 0 Å². The van der Waals surface area contributed by atoms with Gasteiger partial charge in [0.1, 0.15) is 5.75 Å². The van der Waals surface area contributed by atoms with E-state index in [1.807, 2.05) is 47.3 Å². The van der Waals surface area contributed by atoms with Crippen LogP contribution in [0.25, 0.3) is 5.13 Å². The average molecular weight is 425 g/mol. The number of rotatable bonds is 8. The van der Waals surface area contributed by atoms with Gasteiger partial charge in [-0.3, -0.25) is 4.79 Å². The zero-order valence-corrected chi connectivity index (χ0v) is 17.9. The molecule has 0 spiro atoms.